The molecule has 0 saturated carbocycles. The number of carbonyl (C=O) groups is 1. The van der Waals surface area contributed by atoms with Crippen molar-refractivity contribution >= 4 is 17.2 Å². The van der Waals surface area contributed by atoms with Gasteiger partial charge in [-0.05, 0) is 43.2 Å². The minimum absolute atomic E-state index is 0.191. The molecule has 4 rings (SSSR count). The van der Waals surface area contributed by atoms with Crippen molar-refractivity contribution in [2.45, 2.75) is 20.5 Å². The molecule has 0 aliphatic carbocycles. The number of aryl methyl sites for hydroxylation is 2. The Bertz CT molecular complexity index is 1330. The number of para-hydroxylation sites is 1. The molecule has 0 unspecified atom stereocenters. The fourth-order valence-corrected chi connectivity index (χ4v) is 3.68. The molecule has 2 aromatic carbocycles. The van der Waals surface area contributed by atoms with E-state index in [4.69, 9.17) is 14.2 Å². The van der Waals surface area contributed by atoms with Gasteiger partial charge in [-0.3, -0.25) is 4.79 Å². The van der Waals surface area contributed by atoms with Crippen LogP contribution in [0.5, 0.6) is 11.5 Å². The number of fused-ring (bicyclic) bond motifs is 1. The number of aromatic nitrogens is 4. The Kier molecular flexibility index (Phi) is 6.23. The van der Waals surface area contributed by atoms with Gasteiger partial charge in [0.1, 0.15) is 0 Å². The first-order chi connectivity index (χ1) is 16.0. The zero-order chi connectivity index (χ0) is 23.5. The summed E-state index contributed by atoms with van der Waals surface area (Å²) in [5.74, 6) is 0.840. The smallest absolute Gasteiger partial charge is 0.278 e. The predicted octanol–water partition coefficient (Wildman–Crippen LogP) is 3.82. The van der Waals surface area contributed by atoms with E-state index in [9.17, 15) is 4.79 Å². The number of anilines is 1. The van der Waals surface area contributed by atoms with Crippen molar-refractivity contribution in [3.8, 4) is 22.6 Å². The van der Waals surface area contributed by atoms with E-state index in [1.165, 1.54) is 0 Å². The number of nitrogens with one attached hydrogen (secondary N) is 1. The van der Waals surface area contributed by atoms with Crippen molar-refractivity contribution in [3.63, 3.8) is 0 Å². The zero-order valence-corrected chi connectivity index (χ0v) is 19.2. The monoisotopic (exact) mass is 447 g/mol. The van der Waals surface area contributed by atoms with Gasteiger partial charge in [-0.1, -0.05) is 24.3 Å². The number of benzene rings is 2. The third kappa shape index (κ3) is 4.10. The lowest BCUT2D eigenvalue weighted by Gasteiger charge is -2.10. The second-order valence-corrected chi connectivity index (χ2v) is 7.46. The number of hydrogen-bond donors (Lipinski definition) is 1. The van der Waals surface area contributed by atoms with Gasteiger partial charge < -0.3 is 19.5 Å². The van der Waals surface area contributed by atoms with Gasteiger partial charge in [0.15, 0.2) is 22.8 Å². The largest absolute Gasteiger partial charge is 0.493 e. The van der Waals surface area contributed by atoms with Crippen molar-refractivity contribution in [2.24, 2.45) is 0 Å². The van der Waals surface area contributed by atoms with Crippen LogP contribution in [0.25, 0.3) is 16.8 Å². The average molecular weight is 447 g/mol. The van der Waals surface area contributed by atoms with E-state index in [1.54, 1.807) is 32.8 Å². The lowest BCUT2D eigenvalue weighted by atomic mass is 10.1. The second-order valence-electron chi connectivity index (χ2n) is 7.46. The zero-order valence-electron chi connectivity index (χ0n) is 19.2. The molecule has 33 heavy (non-hydrogen) atoms. The Labute approximate surface area is 191 Å². The standard InChI is InChI=1S/C24H25N5O4/c1-14-8-6-7-9-17(14)25-24(30)22-15(2)29-23(27-26-22)21(18(28-29)13-31-3)16-10-11-19(32-4)20(12-16)33-5/h6-12H,13H2,1-5H3,(H,25,30). The highest BCUT2D eigenvalue weighted by atomic mass is 16.5. The highest BCUT2D eigenvalue weighted by molar-refractivity contribution is 6.04. The summed E-state index contributed by atoms with van der Waals surface area (Å²) in [5.41, 5.74) is 5.17. The summed E-state index contributed by atoms with van der Waals surface area (Å²) in [5, 5.41) is 16.2. The van der Waals surface area contributed by atoms with Crippen molar-refractivity contribution < 1.29 is 19.0 Å². The Morgan fingerprint density at radius 3 is 2.45 bits per heavy atom. The molecule has 2 heterocycles. The summed E-state index contributed by atoms with van der Waals surface area (Å²) >= 11 is 0. The number of methoxy groups -OCH3 is 3. The number of ether oxygens (including phenoxy) is 3. The van der Waals surface area contributed by atoms with Crippen molar-refractivity contribution in [1.29, 1.82) is 0 Å². The molecule has 0 radical (unpaired) electrons. The first-order valence-corrected chi connectivity index (χ1v) is 10.3. The molecule has 0 atom stereocenters. The first kappa shape index (κ1) is 22.2. The molecule has 4 aromatic rings. The summed E-state index contributed by atoms with van der Waals surface area (Å²) < 4.78 is 17.8. The van der Waals surface area contributed by atoms with Crippen LogP contribution in [0.1, 0.15) is 27.4 Å². The van der Waals surface area contributed by atoms with Crippen LogP contribution in [-0.4, -0.2) is 47.0 Å². The highest BCUT2D eigenvalue weighted by Gasteiger charge is 2.23. The van der Waals surface area contributed by atoms with Gasteiger partial charge >= 0.3 is 0 Å². The van der Waals surface area contributed by atoms with E-state index < -0.39 is 0 Å². The molecule has 2 aromatic heterocycles. The van der Waals surface area contributed by atoms with Crippen LogP contribution in [-0.2, 0) is 11.3 Å². The molecular formula is C24H25N5O4. The molecule has 9 heteroatoms. The fraction of sp³-hybridized carbons (Fsp3) is 0.250. The van der Waals surface area contributed by atoms with E-state index in [1.807, 2.05) is 49.4 Å². The van der Waals surface area contributed by atoms with Crippen molar-refractivity contribution in [2.75, 3.05) is 26.6 Å². The van der Waals surface area contributed by atoms with Crippen LogP contribution >= 0.6 is 0 Å². The molecule has 1 N–H and O–H groups in total. The van der Waals surface area contributed by atoms with E-state index in [0.29, 0.717) is 28.5 Å². The molecule has 0 fully saturated rings. The molecule has 1 amide bonds. The lowest BCUT2D eigenvalue weighted by Crippen LogP contribution is -2.19. The Morgan fingerprint density at radius 1 is 1.00 bits per heavy atom. The van der Waals surface area contributed by atoms with E-state index in [0.717, 1.165) is 22.4 Å². The predicted molar refractivity (Wildman–Crippen MR) is 124 cm³/mol. The normalized spacial score (nSPS) is 10.9. The molecule has 0 spiro atoms. The van der Waals surface area contributed by atoms with Gasteiger partial charge in [0.05, 0.1) is 37.8 Å². The minimum Gasteiger partial charge on any atom is -0.493 e. The van der Waals surface area contributed by atoms with Crippen molar-refractivity contribution in [1.82, 2.24) is 19.8 Å². The van der Waals surface area contributed by atoms with Crippen LogP contribution in [0.2, 0.25) is 0 Å². The van der Waals surface area contributed by atoms with Gasteiger partial charge in [0.2, 0.25) is 0 Å². The fourth-order valence-electron chi connectivity index (χ4n) is 3.68. The number of carbonyl (C=O) groups excluding carboxylic acids is 1. The van der Waals surface area contributed by atoms with Crippen LogP contribution in [0, 0.1) is 13.8 Å². The number of hydrogen-bond acceptors (Lipinski definition) is 7. The van der Waals surface area contributed by atoms with Crippen LogP contribution in [0.3, 0.4) is 0 Å². The van der Waals surface area contributed by atoms with Gasteiger partial charge in [0.25, 0.3) is 5.91 Å². The number of rotatable bonds is 7. The Balaban J connectivity index is 1.82. The molecule has 0 aliphatic rings. The third-order valence-electron chi connectivity index (χ3n) is 5.40. The summed E-state index contributed by atoms with van der Waals surface area (Å²) in [6.45, 7) is 3.98. The molecule has 0 saturated heterocycles. The average Bonchev–Trinajstić information content (AvgIpc) is 3.19. The summed E-state index contributed by atoms with van der Waals surface area (Å²) in [6.07, 6.45) is 0. The Morgan fingerprint density at radius 2 is 1.76 bits per heavy atom. The summed E-state index contributed by atoms with van der Waals surface area (Å²) in [7, 11) is 4.76. The maximum Gasteiger partial charge on any atom is 0.278 e. The highest BCUT2D eigenvalue weighted by Crippen LogP contribution is 2.35. The van der Waals surface area contributed by atoms with Gasteiger partial charge in [-0.25, -0.2) is 4.52 Å². The topological polar surface area (TPSA) is 99.9 Å². The van der Waals surface area contributed by atoms with E-state index in [2.05, 4.69) is 20.6 Å². The number of nitrogens with zero attached hydrogens (tertiary/aromatic N) is 4. The van der Waals surface area contributed by atoms with Gasteiger partial charge in [0, 0.05) is 12.8 Å². The van der Waals surface area contributed by atoms with E-state index in [-0.39, 0.29) is 18.2 Å². The molecule has 9 nitrogen and oxygen atoms in total. The van der Waals surface area contributed by atoms with Crippen LogP contribution < -0.4 is 14.8 Å². The summed E-state index contributed by atoms with van der Waals surface area (Å²) in [6, 6.07) is 13.1. The van der Waals surface area contributed by atoms with Crippen LogP contribution in [0.4, 0.5) is 5.69 Å². The molecule has 170 valence electrons. The second kappa shape index (κ2) is 9.25. The maximum absolute atomic E-state index is 13.0. The maximum atomic E-state index is 13.0. The SMILES string of the molecule is COCc1nn2c(C)c(C(=O)Nc3ccccc3C)nnc2c1-c1ccc(OC)c(OC)c1. The lowest BCUT2D eigenvalue weighted by molar-refractivity contribution is 0.102. The third-order valence-corrected chi connectivity index (χ3v) is 5.40. The molecule has 0 bridgehead atoms. The first-order valence-electron chi connectivity index (χ1n) is 10.3. The van der Waals surface area contributed by atoms with Gasteiger partial charge in [-0.2, -0.15) is 5.10 Å². The minimum atomic E-state index is -0.354. The molecule has 0 aliphatic heterocycles. The summed E-state index contributed by atoms with van der Waals surface area (Å²) in [4.78, 5) is 13.0. The van der Waals surface area contributed by atoms with E-state index >= 15 is 0 Å². The van der Waals surface area contributed by atoms with Crippen LogP contribution in [0.15, 0.2) is 42.5 Å². The quantitative estimate of drug-likeness (QED) is 0.460. The Hall–Kier alpha value is -3.98. The van der Waals surface area contributed by atoms with Gasteiger partial charge in [-0.15, -0.1) is 10.2 Å². The van der Waals surface area contributed by atoms with Crippen molar-refractivity contribution in [3.05, 3.63) is 65.1 Å². The molecular weight excluding hydrogens is 422 g/mol. The number of amides is 1.